The lowest BCUT2D eigenvalue weighted by atomic mass is 10.3. The summed E-state index contributed by atoms with van der Waals surface area (Å²) in [7, 11) is 1.47. The normalized spacial score (nSPS) is 9.91. The molecule has 22 heavy (non-hydrogen) atoms. The fourth-order valence-corrected chi connectivity index (χ4v) is 1.84. The number of esters is 1. The number of benzene rings is 1. The van der Waals surface area contributed by atoms with Gasteiger partial charge in [-0.25, -0.2) is 4.79 Å². The number of nitrogens with zero attached hydrogens (tertiary/aromatic N) is 1. The minimum Gasteiger partial charge on any atom is -0.495 e. The molecule has 1 aromatic heterocycles. The topological polar surface area (TPSA) is 77.5 Å². The van der Waals surface area contributed by atoms with Gasteiger partial charge in [-0.2, -0.15) is 0 Å². The molecule has 0 unspecified atom stereocenters. The number of methoxy groups -OCH3 is 1. The van der Waals surface area contributed by atoms with Gasteiger partial charge in [-0.15, -0.1) is 0 Å². The van der Waals surface area contributed by atoms with Crippen LogP contribution in [0.4, 0.5) is 5.69 Å². The van der Waals surface area contributed by atoms with Crippen molar-refractivity contribution in [2.24, 2.45) is 0 Å². The number of rotatable bonds is 5. The number of ether oxygens (including phenoxy) is 2. The lowest BCUT2D eigenvalue weighted by molar-refractivity contribution is -0.119. The van der Waals surface area contributed by atoms with Crippen LogP contribution in [0.2, 0.25) is 5.02 Å². The first-order valence-electron chi connectivity index (χ1n) is 6.30. The maximum atomic E-state index is 11.8. The van der Waals surface area contributed by atoms with Gasteiger partial charge in [0.05, 0.1) is 18.4 Å². The van der Waals surface area contributed by atoms with E-state index in [2.05, 4.69) is 10.3 Å². The number of hydrogen-bond donors (Lipinski definition) is 1. The molecule has 114 valence electrons. The molecule has 0 aliphatic rings. The van der Waals surface area contributed by atoms with E-state index < -0.39 is 18.5 Å². The first kappa shape index (κ1) is 15.8. The average molecular weight is 321 g/mol. The van der Waals surface area contributed by atoms with E-state index in [-0.39, 0.29) is 0 Å². The summed E-state index contributed by atoms with van der Waals surface area (Å²) in [5, 5.41) is 3.02. The summed E-state index contributed by atoms with van der Waals surface area (Å²) < 4.78 is 10.0. The van der Waals surface area contributed by atoms with Crippen LogP contribution in [-0.4, -0.2) is 30.6 Å². The Labute approximate surface area is 132 Å². The van der Waals surface area contributed by atoms with Crippen molar-refractivity contribution in [3.05, 3.63) is 53.3 Å². The Morgan fingerprint density at radius 1 is 1.23 bits per heavy atom. The van der Waals surface area contributed by atoms with E-state index in [9.17, 15) is 9.59 Å². The van der Waals surface area contributed by atoms with E-state index in [0.29, 0.717) is 22.0 Å². The minimum absolute atomic E-state index is 0.322. The number of aromatic nitrogens is 1. The van der Waals surface area contributed by atoms with Crippen molar-refractivity contribution < 1.29 is 19.1 Å². The third kappa shape index (κ3) is 4.20. The van der Waals surface area contributed by atoms with Crippen molar-refractivity contribution in [2.75, 3.05) is 19.0 Å². The predicted octanol–water partition coefficient (Wildman–Crippen LogP) is 2.54. The zero-order valence-corrected chi connectivity index (χ0v) is 12.5. The lowest BCUT2D eigenvalue weighted by Crippen LogP contribution is -2.21. The Bertz CT molecular complexity index is 676. The summed E-state index contributed by atoms with van der Waals surface area (Å²) in [5.74, 6) is -0.642. The molecule has 0 saturated carbocycles. The van der Waals surface area contributed by atoms with Gasteiger partial charge in [-0.1, -0.05) is 11.6 Å². The van der Waals surface area contributed by atoms with Gasteiger partial charge < -0.3 is 14.8 Å². The highest BCUT2D eigenvalue weighted by molar-refractivity contribution is 6.31. The monoisotopic (exact) mass is 320 g/mol. The van der Waals surface area contributed by atoms with E-state index in [1.165, 1.54) is 31.6 Å². The lowest BCUT2D eigenvalue weighted by Gasteiger charge is -2.10. The number of carbonyl (C=O) groups is 2. The van der Waals surface area contributed by atoms with Crippen LogP contribution in [0.1, 0.15) is 10.4 Å². The number of carbonyl (C=O) groups excluding carboxylic acids is 2. The van der Waals surface area contributed by atoms with E-state index >= 15 is 0 Å². The van der Waals surface area contributed by atoms with Crippen LogP contribution in [0, 0.1) is 0 Å². The molecule has 6 nitrogen and oxygen atoms in total. The largest absolute Gasteiger partial charge is 0.495 e. The van der Waals surface area contributed by atoms with Crippen molar-refractivity contribution in [1.82, 2.24) is 4.98 Å². The SMILES string of the molecule is COc1ccc(Cl)cc1NC(=O)COC(=O)c1ccncc1. The van der Waals surface area contributed by atoms with Gasteiger partial charge >= 0.3 is 5.97 Å². The van der Waals surface area contributed by atoms with Gasteiger partial charge in [-0.3, -0.25) is 9.78 Å². The molecule has 0 radical (unpaired) electrons. The maximum absolute atomic E-state index is 11.8. The molecule has 0 aliphatic carbocycles. The average Bonchev–Trinajstić information content (AvgIpc) is 2.53. The second-order valence-electron chi connectivity index (χ2n) is 4.20. The van der Waals surface area contributed by atoms with Gasteiger partial charge in [0.2, 0.25) is 0 Å². The molecule has 1 N–H and O–H groups in total. The molecule has 1 aromatic carbocycles. The van der Waals surface area contributed by atoms with Crippen molar-refractivity contribution in [3.8, 4) is 5.75 Å². The molecular formula is C15H13ClN2O4. The summed E-state index contributed by atoms with van der Waals surface area (Å²) in [6.45, 7) is -0.420. The second-order valence-corrected chi connectivity index (χ2v) is 4.64. The summed E-state index contributed by atoms with van der Waals surface area (Å²) in [6, 6.07) is 7.81. The van der Waals surface area contributed by atoms with Gasteiger partial charge in [0.25, 0.3) is 5.91 Å². The van der Waals surface area contributed by atoms with Gasteiger partial charge in [-0.05, 0) is 30.3 Å². The molecule has 1 heterocycles. The molecule has 2 aromatic rings. The summed E-state index contributed by atoms with van der Waals surface area (Å²) in [5.41, 5.74) is 0.725. The van der Waals surface area contributed by atoms with Crippen molar-refractivity contribution in [1.29, 1.82) is 0 Å². The molecule has 0 aliphatic heterocycles. The molecule has 0 bridgehead atoms. The Kier molecular flexibility index (Phi) is 5.32. The molecule has 0 atom stereocenters. The Morgan fingerprint density at radius 3 is 2.64 bits per heavy atom. The first-order valence-corrected chi connectivity index (χ1v) is 6.68. The fourth-order valence-electron chi connectivity index (χ4n) is 1.67. The van der Waals surface area contributed by atoms with E-state index in [1.54, 1.807) is 18.2 Å². The number of nitrogens with one attached hydrogen (secondary N) is 1. The van der Waals surface area contributed by atoms with Crippen LogP contribution in [-0.2, 0) is 9.53 Å². The van der Waals surface area contributed by atoms with E-state index in [1.807, 2.05) is 0 Å². The molecular weight excluding hydrogens is 308 g/mol. The van der Waals surface area contributed by atoms with Gasteiger partial charge in [0.15, 0.2) is 6.61 Å². The Balaban J connectivity index is 1.94. The van der Waals surface area contributed by atoms with Crippen LogP contribution >= 0.6 is 11.6 Å². The second kappa shape index (κ2) is 7.42. The van der Waals surface area contributed by atoms with Crippen molar-refractivity contribution in [2.45, 2.75) is 0 Å². The Hall–Kier alpha value is -2.60. The van der Waals surface area contributed by atoms with Crippen LogP contribution < -0.4 is 10.1 Å². The number of amides is 1. The minimum atomic E-state index is -0.601. The first-order chi connectivity index (χ1) is 10.6. The summed E-state index contributed by atoms with van der Waals surface area (Å²) >= 11 is 5.87. The Morgan fingerprint density at radius 2 is 1.95 bits per heavy atom. The van der Waals surface area contributed by atoms with E-state index in [4.69, 9.17) is 21.1 Å². The smallest absolute Gasteiger partial charge is 0.338 e. The molecule has 1 amide bonds. The third-order valence-corrected chi connectivity index (χ3v) is 2.92. The van der Waals surface area contributed by atoms with E-state index in [0.717, 1.165) is 0 Å². The van der Waals surface area contributed by atoms with Crippen molar-refractivity contribution in [3.63, 3.8) is 0 Å². The number of hydrogen-bond acceptors (Lipinski definition) is 5. The number of halogens is 1. The summed E-state index contributed by atoms with van der Waals surface area (Å²) in [6.07, 6.45) is 2.93. The highest BCUT2D eigenvalue weighted by Gasteiger charge is 2.12. The van der Waals surface area contributed by atoms with Crippen LogP contribution in [0.3, 0.4) is 0 Å². The quantitative estimate of drug-likeness (QED) is 0.857. The standard InChI is InChI=1S/C15H13ClN2O4/c1-21-13-3-2-11(16)8-12(13)18-14(19)9-22-15(20)10-4-6-17-7-5-10/h2-8H,9H2,1H3,(H,18,19). The van der Waals surface area contributed by atoms with Crippen LogP contribution in [0.15, 0.2) is 42.7 Å². The molecule has 0 fully saturated rings. The number of pyridine rings is 1. The van der Waals surface area contributed by atoms with Gasteiger partial charge in [0.1, 0.15) is 5.75 Å². The fraction of sp³-hybridized carbons (Fsp3) is 0.133. The molecule has 0 saturated heterocycles. The molecule has 2 rings (SSSR count). The molecule has 7 heteroatoms. The highest BCUT2D eigenvalue weighted by atomic mass is 35.5. The summed E-state index contributed by atoms with van der Waals surface area (Å²) in [4.78, 5) is 27.3. The predicted molar refractivity (Wildman–Crippen MR) is 81.2 cm³/mol. The van der Waals surface area contributed by atoms with Crippen LogP contribution in [0.5, 0.6) is 5.75 Å². The van der Waals surface area contributed by atoms with Crippen molar-refractivity contribution >= 4 is 29.2 Å². The third-order valence-electron chi connectivity index (χ3n) is 2.69. The number of anilines is 1. The highest BCUT2D eigenvalue weighted by Crippen LogP contribution is 2.27. The van der Waals surface area contributed by atoms with Gasteiger partial charge in [0, 0.05) is 17.4 Å². The van der Waals surface area contributed by atoms with Crippen LogP contribution in [0.25, 0.3) is 0 Å². The molecule has 0 spiro atoms. The zero-order chi connectivity index (χ0) is 15.9. The maximum Gasteiger partial charge on any atom is 0.338 e. The zero-order valence-electron chi connectivity index (χ0n) is 11.7.